The summed E-state index contributed by atoms with van der Waals surface area (Å²) in [4.78, 5) is 15.8. The summed E-state index contributed by atoms with van der Waals surface area (Å²) in [6.45, 7) is 0.656. The van der Waals surface area contributed by atoms with Crippen molar-refractivity contribution < 1.29 is 17.9 Å². The first-order chi connectivity index (χ1) is 16.7. The molecule has 2 spiro atoms. The number of carbonyl (C=O) groups excluding carboxylic acids is 1. The van der Waals surface area contributed by atoms with Gasteiger partial charge in [-0.2, -0.15) is 0 Å². The van der Waals surface area contributed by atoms with Crippen molar-refractivity contribution in [2.24, 2.45) is 5.41 Å². The van der Waals surface area contributed by atoms with Crippen LogP contribution in [0.4, 0.5) is 5.69 Å². The van der Waals surface area contributed by atoms with Gasteiger partial charge in [0.1, 0.15) is 0 Å². The molecule has 0 saturated heterocycles. The third-order valence-electron chi connectivity index (χ3n) is 8.89. The topological polar surface area (TPSA) is 75.7 Å². The summed E-state index contributed by atoms with van der Waals surface area (Å²) in [6, 6.07) is 12.5. The zero-order valence-electron chi connectivity index (χ0n) is 19.9. The maximum Gasteiger partial charge on any atom is 0.258 e. The summed E-state index contributed by atoms with van der Waals surface area (Å²) in [7, 11) is -2.07. The minimum Gasteiger partial charge on any atom is -0.381 e. The molecule has 1 amide bonds. The number of hydrogen-bond acceptors (Lipinski definition) is 4. The quantitative estimate of drug-likeness (QED) is 0.550. The normalized spacial score (nSPS) is 25.9. The molecule has 1 heterocycles. The molecule has 8 heteroatoms. The molecule has 3 aliphatic carbocycles. The van der Waals surface area contributed by atoms with Gasteiger partial charge in [0.05, 0.1) is 11.0 Å². The van der Waals surface area contributed by atoms with Crippen molar-refractivity contribution in [2.45, 2.75) is 73.8 Å². The number of rotatable bonds is 5. The molecule has 3 saturated carbocycles. The Morgan fingerprint density at radius 2 is 1.77 bits per heavy atom. The van der Waals surface area contributed by atoms with Crippen molar-refractivity contribution in [1.29, 1.82) is 0 Å². The van der Waals surface area contributed by atoms with Gasteiger partial charge in [-0.05, 0) is 98.7 Å². The minimum absolute atomic E-state index is 0.0179. The van der Waals surface area contributed by atoms with E-state index >= 15 is 0 Å². The van der Waals surface area contributed by atoms with Crippen molar-refractivity contribution in [2.75, 3.05) is 18.6 Å². The first-order valence-corrected chi connectivity index (χ1v) is 14.8. The van der Waals surface area contributed by atoms with Gasteiger partial charge in [-0.3, -0.25) is 4.79 Å². The number of nitrogens with zero attached hydrogens (tertiary/aromatic N) is 1. The van der Waals surface area contributed by atoms with E-state index in [1.54, 1.807) is 25.3 Å². The van der Waals surface area contributed by atoms with Gasteiger partial charge in [0.25, 0.3) is 5.91 Å². The van der Waals surface area contributed by atoms with Gasteiger partial charge in [-0.25, -0.2) is 13.1 Å². The zero-order chi connectivity index (χ0) is 24.4. The molecule has 186 valence electrons. The molecule has 1 aliphatic heterocycles. The Kier molecular flexibility index (Phi) is 5.68. The van der Waals surface area contributed by atoms with Crippen molar-refractivity contribution >= 4 is 37.5 Å². The summed E-state index contributed by atoms with van der Waals surface area (Å²) < 4.78 is 35.0. The minimum atomic E-state index is -3.71. The second-order valence-electron chi connectivity index (χ2n) is 11.0. The van der Waals surface area contributed by atoms with Crippen LogP contribution in [0.3, 0.4) is 0 Å². The number of sulfonamides is 1. The Hall–Kier alpha value is -1.74. The van der Waals surface area contributed by atoms with E-state index in [4.69, 9.17) is 4.74 Å². The Labute approximate surface area is 215 Å². The molecule has 35 heavy (non-hydrogen) atoms. The van der Waals surface area contributed by atoms with Crippen molar-refractivity contribution in [3.05, 3.63) is 58.1 Å². The van der Waals surface area contributed by atoms with E-state index in [2.05, 4.69) is 26.7 Å². The monoisotopic (exact) mass is 558 g/mol. The average Bonchev–Trinajstić information content (AvgIpc) is 3.53. The number of carbonyl (C=O) groups is 1. The molecule has 1 N–H and O–H groups in total. The van der Waals surface area contributed by atoms with E-state index in [0.29, 0.717) is 30.4 Å². The summed E-state index contributed by atoms with van der Waals surface area (Å²) >= 11 is 3.64. The van der Waals surface area contributed by atoms with Crippen molar-refractivity contribution in [3.63, 3.8) is 0 Å². The van der Waals surface area contributed by atoms with Crippen LogP contribution in [-0.4, -0.2) is 40.1 Å². The smallest absolute Gasteiger partial charge is 0.258 e. The highest BCUT2D eigenvalue weighted by molar-refractivity contribution is 9.10. The first-order valence-electron chi connectivity index (χ1n) is 12.5. The predicted molar refractivity (Wildman–Crippen MR) is 138 cm³/mol. The average molecular weight is 560 g/mol. The van der Waals surface area contributed by atoms with E-state index in [1.807, 2.05) is 17.0 Å². The maximum absolute atomic E-state index is 13.8. The van der Waals surface area contributed by atoms with Crippen molar-refractivity contribution in [1.82, 2.24) is 4.72 Å². The van der Waals surface area contributed by atoms with Crippen molar-refractivity contribution in [3.8, 4) is 0 Å². The number of methoxy groups -OCH3 is 1. The van der Waals surface area contributed by atoms with Crippen LogP contribution < -0.4 is 9.62 Å². The Bertz CT molecular complexity index is 1270. The van der Waals surface area contributed by atoms with Crippen LogP contribution in [0, 0.1) is 5.41 Å². The third kappa shape index (κ3) is 4.16. The lowest BCUT2D eigenvalue weighted by Crippen LogP contribution is -2.47. The highest BCUT2D eigenvalue weighted by Gasteiger charge is 2.53. The van der Waals surface area contributed by atoms with Gasteiger partial charge >= 0.3 is 0 Å². The second kappa shape index (κ2) is 8.40. The Morgan fingerprint density at radius 1 is 1.06 bits per heavy atom. The zero-order valence-corrected chi connectivity index (χ0v) is 22.3. The molecule has 0 aromatic heterocycles. The summed E-state index contributed by atoms with van der Waals surface area (Å²) in [6.07, 6.45) is 8.78. The lowest BCUT2D eigenvalue weighted by molar-refractivity contribution is 0.0236. The number of benzene rings is 2. The number of amides is 1. The Balaban J connectivity index is 1.26. The molecule has 3 fully saturated rings. The number of hydrogen-bond donors (Lipinski definition) is 1. The lowest BCUT2D eigenvalue weighted by atomic mass is 9.66. The van der Waals surface area contributed by atoms with E-state index in [-0.39, 0.29) is 28.4 Å². The summed E-state index contributed by atoms with van der Waals surface area (Å²) in [5, 5.41) is 0. The largest absolute Gasteiger partial charge is 0.381 e. The predicted octanol–water partition coefficient (Wildman–Crippen LogP) is 5.16. The molecule has 2 aromatic rings. The third-order valence-corrected chi connectivity index (χ3v) is 10.9. The van der Waals surface area contributed by atoms with Crippen LogP contribution in [-0.2, 0) is 20.2 Å². The number of anilines is 1. The molecular weight excluding hydrogens is 528 g/mol. The lowest BCUT2D eigenvalue weighted by Gasteiger charge is -2.38. The van der Waals surface area contributed by atoms with Gasteiger partial charge in [0.15, 0.2) is 0 Å². The number of nitrogens with one attached hydrogen (secondary N) is 1. The van der Waals surface area contributed by atoms with Crippen LogP contribution in [0.15, 0.2) is 51.8 Å². The van der Waals surface area contributed by atoms with Gasteiger partial charge in [-0.15, -0.1) is 0 Å². The molecule has 2 aromatic carbocycles. The summed E-state index contributed by atoms with van der Waals surface area (Å²) in [5.41, 5.74) is 3.15. The fourth-order valence-corrected chi connectivity index (χ4v) is 7.95. The fourth-order valence-electron chi connectivity index (χ4n) is 6.28. The van der Waals surface area contributed by atoms with Gasteiger partial charge in [-0.1, -0.05) is 22.0 Å². The number of halogens is 1. The van der Waals surface area contributed by atoms with Crippen LogP contribution in [0.2, 0.25) is 0 Å². The molecule has 0 unspecified atom stereocenters. The van der Waals surface area contributed by atoms with Crippen LogP contribution >= 0.6 is 15.9 Å². The molecule has 6 nitrogen and oxygen atoms in total. The molecule has 4 aliphatic rings. The number of fused-ring (bicyclic) bond motifs is 2. The molecule has 0 atom stereocenters. The molecule has 6 rings (SSSR count). The van der Waals surface area contributed by atoms with Gasteiger partial charge in [0, 0.05) is 40.8 Å². The highest BCUT2D eigenvalue weighted by atomic mass is 79.9. The highest BCUT2D eigenvalue weighted by Crippen LogP contribution is 2.62. The van der Waals surface area contributed by atoms with E-state index in [9.17, 15) is 13.2 Å². The van der Waals surface area contributed by atoms with E-state index < -0.39 is 10.0 Å². The van der Waals surface area contributed by atoms with Crippen LogP contribution in [0.25, 0.3) is 0 Å². The second-order valence-corrected chi connectivity index (χ2v) is 13.6. The molecule has 0 bridgehead atoms. The molecular formula is C27H31BrN2O4S. The Morgan fingerprint density at radius 3 is 2.46 bits per heavy atom. The van der Waals surface area contributed by atoms with Crippen LogP contribution in [0.1, 0.15) is 67.3 Å². The first kappa shape index (κ1) is 23.6. The SMILES string of the molecule is COC1CC(NS(=O)(=O)c2cccc(C(=O)N3CC4(CCC5(CC5)CC4)c4cc(Br)ccc43)c2)C1. The van der Waals surface area contributed by atoms with E-state index in [1.165, 1.54) is 37.3 Å². The van der Waals surface area contributed by atoms with Gasteiger partial charge in [0.2, 0.25) is 10.0 Å². The standard InChI is InChI=1S/C27H31BrN2O4S/c1-34-21-15-20(16-21)29-35(32,33)22-4-2-3-18(13-22)25(31)30-17-27(11-9-26(7-8-26)10-12-27)23-14-19(28)5-6-24(23)30/h2-6,13-14,20-21,29H,7-12,15-17H2,1H3. The summed E-state index contributed by atoms with van der Waals surface area (Å²) in [5.74, 6) is -0.141. The fraction of sp³-hybridized carbons (Fsp3) is 0.519. The van der Waals surface area contributed by atoms with Gasteiger partial charge < -0.3 is 9.64 Å². The maximum atomic E-state index is 13.8. The van der Waals surface area contributed by atoms with E-state index in [0.717, 1.165) is 23.0 Å². The van der Waals surface area contributed by atoms with Crippen LogP contribution in [0.5, 0.6) is 0 Å². The number of ether oxygens (including phenoxy) is 1. The molecule has 0 radical (unpaired) electrons.